The second-order valence-electron chi connectivity index (χ2n) is 7.32. The molecule has 0 aliphatic heterocycles. The Morgan fingerprint density at radius 2 is 1.40 bits per heavy atom. The molecule has 0 aliphatic rings. The van der Waals surface area contributed by atoms with Crippen molar-refractivity contribution in [3.05, 3.63) is 70.9 Å². The van der Waals surface area contributed by atoms with Crippen molar-refractivity contribution in [3.8, 4) is 17.3 Å². The fraction of sp³-hybridized carbons (Fsp3) is 0.174. The van der Waals surface area contributed by atoms with Gasteiger partial charge in [-0.3, -0.25) is 0 Å². The van der Waals surface area contributed by atoms with Crippen molar-refractivity contribution < 1.29 is 27.3 Å². The van der Waals surface area contributed by atoms with Crippen molar-refractivity contribution in [1.29, 1.82) is 0 Å². The van der Waals surface area contributed by atoms with Crippen LogP contribution < -0.4 is 0 Å². The Morgan fingerprint density at radius 1 is 0.767 bits per heavy atom. The quantitative estimate of drug-likeness (QED) is 0.293. The van der Waals surface area contributed by atoms with E-state index in [0.717, 1.165) is 33.2 Å². The maximum Gasteiger partial charge on any atom is 0.243 e. The molecule has 30 heavy (non-hydrogen) atoms. The first-order valence-corrected chi connectivity index (χ1v) is 9.35. The summed E-state index contributed by atoms with van der Waals surface area (Å²) >= 11 is 0. The summed E-state index contributed by atoms with van der Waals surface area (Å²) in [5, 5.41) is 35.8. The summed E-state index contributed by atoms with van der Waals surface area (Å²) in [6, 6.07) is 15.3. The number of hydrogen-bond donors (Lipinski definition) is 2. The molecule has 0 spiro atoms. The minimum absolute atomic E-state index is 0. The summed E-state index contributed by atoms with van der Waals surface area (Å²) in [5.74, 6) is -0.0486. The van der Waals surface area contributed by atoms with Gasteiger partial charge in [-0.15, -0.1) is 10.2 Å². The molecule has 6 nitrogen and oxygen atoms in total. The summed E-state index contributed by atoms with van der Waals surface area (Å²) in [6.07, 6.45) is 0. The van der Waals surface area contributed by atoms with Crippen molar-refractivity contribution in [1.82, 2.24) is 9.78 Å². The molecular weight excluding hydrogens is 428 g/mol. The van der Waals surface area contributed by atoms with E-state index in [2.05, 4.69) is 21.4 Å². The molecule has 0 saturated carbocycles. The van der Waals surface area contributed by atoms with Crippen LogP contribution >= 0.6 is 0 Å². The summed E-state index contributed by atoms with van der Waals surface area (Å²) in [6.45, 7) is 7.73. The summed E-state index contributed by atoms with van der Waals surface area (Å²) in [5.41, 5.74) is 5.12. The second-order valence-corrected chi connectivity index (χ2v) is 7.32. The number of benzene rings is 3. The Morgan fingerprint density at radius 3 is 2.10 bits per heavy atom. The number of azo groups is 1. The number of hydrogen-bond acceptors (Lipinski definition) is 5. The van der Waals surface area contributed by atoms with Crippen LogP contribution in [0.2, 0.25) is 0 Å². The summed E-state index contributed by atoms with van der Waals surface area (Å²) in [7, 11) is 0. The van der Waals surface area contributed by atoms with E-state index >= 15 is 0 Å². The monoisotopic (exact) mass is 449 g/mol. The van der Waals surface area contributed by atoms with Crippen LogP contribution in [0.25, 0.3) is 16.5 Å². The van der Waals surface area contributed by atoms with Gasteiger partial charge in [0.25, 0.3) is 0 Å². The molecule has 2 N–H and O–H groups in total. The summed E-state index contributed by atoms with van der Waals surface area (Å²) in [4.78, 5) is 0. The molecule has 0 aliphatic carbocycles. The number of aromatic nitrogens is 2. The number of aromatic hydroxyl groups is 2. The first kappa shape index (κ1) is 21.6. The molecule has 1 heterocycles. The molecule has 7 heteroatoms. The largest absolute Gasteiger partial charge is 0.506 e. The molecule has 0 fully saturated rings. The predicted octanol–water partition coefficient (Wildman–Crippen LogP) is 6.08. The molecule has 1 radical (unpaired) electrons. The number of nitrogens with zero attached hydrogens (tertiary/aromatic N) is 4. The van der Waals surface area contributed by atoms with Crippen molar-refractivity contribution in [2.24, 2.45) is 10.2 Å². The predicted molar refractivity (Wildman–Crippen MR) is 114 cm³/mol. The van der Waals surface area contributed by atoms with Crippen LogP contribution in [0.15, 0.2) is 58.8 Å². The second kappa shape index (κ2) is 8.30. The first-order chi connectivity index (χ1) is 13.8. The first-order valence-electron chi connectivity index (χ1n) is 9.35. The van der Waals surface area contributed by atoms with Crippen LogP contribution in [0.1, 0.15) is 22.4 Å². The minimum atomic E-state index is -0.0955. The number of rotatable bonds is 3. The van der Waals surface area contributed by atoms with E-state index in [9.17, 15) is 10.2 Å². The zero-order chi connectivity index (χ0) is 20.7. The van der Waals surface area contributed by atoms with Crippen molar-refractivity contribution in [2.75, 3.05) is 0 Å². The van der Waals surface area contributed by atoms with Crippen molar-refractivity contribution in [2.45, 2.75) is 27.7 Å². The molecule has 0 saturated heterocycles. The average Bonchev–Trinajstić information content (AvgIpc) is 2.97. The number of phenols is 1. The summed E-state index contributed by atoms with van der Waals surface area (Å²) < 4.78 is 1.43. The van der Waals surface area contributed by atoms with Crippen molar-refractivity contribution in [3.63, 3.8) is 0 Å². The van der Waals surface area contributed by atoms with E-state index in [-0.39, 0.29) is 34.4 Å². The van der Waals surface area contributed by atoms with Gasteiger partial charge in [0.05, 0.1) is 11.4 Å². The molecule has 3 aromatic carbocycles. The normalized spacial score (nSPS) is 11.2. The molecular formula is C23H22CuN4O2. The van der Waals surface area contributed by atoms with Crippen LogP contribution in [-0.4, -0.2) is 20.0 Å². The zero-order valence-corrected chi connectivity index (χ0v) is 18.0. The van der Waals surface area contributed by atoms with E-state index in [1.165, 1.54) is 4.68 Å². The van der Waals surface area contributed by atoms with Crippen LogP contribution in [0.4, 0.5) is 11.4 Å². The molecule has 4 aromatic rings. The van der Waals surface area contributed by atoms with Gasteiger partial charge < -0.3 is 10.2 Å². The fourth-order valence-corrected chi connectivity index (χ4v) is 3.38. The molecule has 4 rings (SSSR count). The van der Waals surface area contributed by atoms with Gasteiger partial charge in [0.2, 0.25) is 5.88 Å². The zero-order valence-electron chi connectivity index (χ0n) is 17.1. The Kier molecular flexibility index (Phi) is 5.96. The van der Waals surface area contributed by atoms with Gasteiger partial charge in [0, 0.05) is 22.5 Å². The van der Waals surface area contributed by atoms with E-state index in [1.54, 1.807) is 13.0 Å². The molecule has 0 bridgehead atoms. The van der Waals surface area contributed by atoms with Gasteiger partial charge in [0.15, 0.2) is 5.69 Å². The fourth-order valence-electron chi connectivity index (χ4n) is 3.38. The Hall–Kier alpha value is -3.15. The topological polar surface area (TPSA) is 83.0 Å². The maximum absolute atomic E-state index is 10.7. The van der Waals surface area contributed by atoms with Gasteiger partial charge in [-0.25, -0.2) is 0 Å². The van der Waals surface area contributed by atoms with Gasteiger partial charge in [-0.2, -0.15) is 9.78 Å². The van der Waals surface area contributed by atoms with E-state index in [4.69, 9.17) is 0 Å². The standard InChI is InChI=1S/C23H22N4O2.Cu/c1-13-5-8-17(9-6-13)27-23(29)21(16(4)26-27)24-25-22-18-10-7-14(2)11-19(18)15(3)12-20(22)28;/h5-12,28-29H,1-4H3;. The van der Waals surface area contributed by atoms with E-state index in [1.807, 2.05) is 57.2 Å². The molecule has 0 atom stereocenters. The Balaban J connectivity index is 0.00000256. The van der Waals surface area contributed by atoms with Gasteiger partial charge >= 0.3 is 0 Å². The van der Waals surface area contributed by atoms with Crippen LogP contribution in [0.5, 0.6) is 11.6 Å². The molecule has 157 valence electrons. The Labute approximate surface area is 185 Å². The maximum atomic E-state index is 10.7. The smallest absolute Gasteiger partial charge is 0.243 e. The molecule has 1 aromatic heterocycles. The average molecular weight is 450 g/mol. The Bertz CT molecular complexity index is 1260. The number of fused-ring (bicyclic) bond motifs is 1. The third-order valence-corrected chi connectivity index (χ3v) is 4.98. The number of phenolic OH excluding ortho intramolecular Hbond substituents is 1. The number of aryl methyl sites for hydroxylation is 4. The van der Waals surface area contributed by atoms with E-state index < -0.39 is 0 Å². The third kappa shape index (κ3) is 3.82. The SMILES string of the molecule is Cc1ccc(-n2nc(C)c(N=Nc3c(O)cc(C)c4cc(C)ccc34)c2O)cc1.[Cu]. The third-order valence-electron chi connectivity index (χ3n) is 4.98. The molecule has 0 amide bonds. The van der Waals surface area contributed by atoms with E-state index in [0.29, 0.717) is 11.4 Å². The van der Waals surface area contributed by atoms with Gasteiger partial charge in [0.1, 0.15) is 11.4 Å². The van der Waals surface area contributed by atoms with Crippen LogP contribution in [-0.2, 0) is 17.1 Å². The van der Waals surface area contributed by atoms with Crippen molar-refractivity contribution >= 4 is 22.1 Å². The van der Waals surface area contributed by atoms with Gasteiger partial charge in [-0.1, -0.05) is 41.5 Å². The minimum Gasteiger partial charge on any atom is -0.506 e. The van der Waals surface area contributed by atoms with Crippen LogP contribution in [0, 0.1) is 27.7 Å². The molecule has 0 unspecified atom stereocenters. The van der Waals surface area contributed by atoms with Gasteiger partial charge in [-0.05, 0) is 56.8 Å². The van der Waals surface area contributed by atoms with Crippen LogP contribution in [0.3, 0.4) is 0 Å².